The van der Waals surface area contributed by atoms with E-state index in [1.807, 2.05) is 9.62 Å². The first kappa shape index (κ1) is 17.6. The van der Waals surface area contributed by atoms with Crippen LogP contribution < -0.4 is 9.62 Å². The molecule has 1 amide bonds. The zero-order chi connectivity index (χ0) is 19.2. The van der Waals surface area contributed by atoms with Gasteiger partial charge in [0.15, 0.2) is 6.10 Å². The number of aromatic amines is 1. The number of carbonyl (C=O) groups is 1. The molecule has 1 saturated heterocycles. The molecular weight excluding hydrogens is 377 g/mol. The van der Waals surface area contributed by atoms with Gasteiger partial charge in [-0.3, -0.25) is 9.52 Å². The number of benzene rings is 1. The maximum Gasteiger partial charge on any atom is 0.264 e. The van der Waals surface area contributed by atoms with Crippen LogP contribution in [0.3, 0.4) is 0 Å². The third-order valence-corrected chi connectivity index (χ3v) is 4.85. The van der Waals surface area contributed by atoms with Crippen molar-refractivity contribution in [1.29, 1.82) is 0 Å². The zero-order valence-corrected chi connectivity index (χ0v) is 15.1. The average Bonchev–Trinajstić information content (AvgIpc) is 2.97. The number of hydrogen-bond donors (Lipinski definition) is 2. The van der Waals surface area contributed by atoms with Gasteiger partial charge in [0.2, 0.25) is 10.0 Å². The molecule has 4 rings (SSSR count). The molecule has 142 valence electrons. The van der Waals surface area contributed by atoms with Crippen molar-refractivity contribution in [3.63, 3.8) is 0 Å². The Kier molecular flexibility index (Phi) is 4.19. The number of ether oxygens (including phenoxy) is 1. The molecule has 0 saturated carbocycles. The third kappa shape index (κ3) is 3.43. The molecule has 27 heavy (non-hydrogen) atoms. The van der Waals surface area contributed by atoms with E-state index in [0.29, 0.717) is 28.9 Å². The number of hydrogen-bond acceptors (Lipinski definition) is 7. The number of sulfonamides is 1. The molecule has 2 N–H and O–H groups in total. The molecule has 1 unspecified atom stereocenters. The second-order valence-corrected chi connectivity index (χ2v) is 8.03. The van der Waals surface area contributed by atoms with Gasteiger partial charge in [0.25, 0.3) is 5.91 Å². The van der Waals surface area contributed by atoms with Crippen LogP contribution in [-0.2, 0) is 19.6 Å². The van der Waals surface area contributed by atoms with Gasteiger partial charge in [-0.25, -0.2) is 22.8 Å². The smallest absolute Gasteiger partial charge is 0.264 e. The molecule has 1 atom stereocenters. The Morgan fingerprint density at radius 1 is 1.41 bits per heavy atom. The van der Waals surface area contributed by atoms with Crippen molar-refractivity contribution in [3.8, 4) is 0 Å². The first-order valence-corrected chi connectivity index (χ1v) is 10.0. The molecular formula is C16H16FN5O4S. The van der Waals surface area contributed by atoms with Crippen molar-refractivity contribution in [1.82, 2.24) is 19.7 Å². The lowest BCUT2D eigenvalue weighted by molar-refractivity contribution is -0.131. The Morgan fingerprint density at radius 2 is 2.22 bits per heavy atom. The van der Waals surface area contributed by atoms with Crippen LogP contribution in [0.15, 0.2) is 24.5 Å². The molecule has 1 aliphatic heterocycles. The number of morpholine rings is 1. The zero-order valence-electron chi connectivity index (χ0n) is 14.3. The minimum Gasteiger partial charge on any atom is -0.365 e. The maximum atomic E-state index is 13.5. The van der Waals surface area contributed by atoms with Crippen LogP contribution >= 0.6 is 0 Å². The Hall–Kier alpha value is -2.79. The summed E-state index contributed by atoms with van der Waals surface area (Å²) in [6.07, 6.45) is 1.33. The van der Waals surface area contributed by atoms with Crippen molar-refractivity contribution in [2.75, 3.05) is 30.9 Å². The Bertz CT molecular complexity index is 1150. The monoisotopic (exact) mass is 393 g/mol. The van der Waals surface area contributed by atoms with Crippen LogP contribution in [-0.4, -0.2) is 61.3 Å². The summed E-state index contributed by atoms with van der Waals surface area (Å²) in [5.74, 6) is -0.528. The fourth-order valence-electron chi connectivity index (χ4n) is 3.17. The average molecular weight is 393 g/mol. The summed E-state index contributed by atoms with van der Waals surface area (Å²) in [6, 6.07) is 4.38. The lowest BCUT2D eigenvalue weighted by Crippen LogP contribution is -2.51. The second-order valence-electron chi connectivity index (χ2n) is 6.28. The normalized spacial score (nSPS) is 18.1. The molecule has 2 aromatic heterocycles. The number of nitrogens with zero attached hydrogens (tertiary/aromatic N) is 3. The van der Waals surface area contributed by atoms with Crippen LogP contribution in [0, 0.1) is 5.82 Å². The van der Waals surface area contributed by atoms with E-state index in [9.17, 15) is 17.6 Å². The van der Waals surface area contributed by atoms with Gasteiger partial charge in [-0.2, -0.15) is 0 Å². The van der Waals surface area contributed by atoms with E-state index >= 15 is 0 Å². The van der Waals surface area contributed by atoms with Crippen molar-refractivity contribution in [2.45, 2.75) is 6.10 Å². The predicted molar refractivity (Wildman–Crippen MR) is 96.3 cm³/mol. The van der Waals surface area contributed by atoms with E-state index in [1.54, 1.807) is 6.07 Å². The fraction of sp³-hybridized carbons (Fsp3) is 0.312. The summed E-state index contributed by atoms with van der Waals surface area (Å²) in [5, 5.41) is 1.46. The van der Waals surface area contributed by atoms with Gasteiger partial charge >= 0.3 is 0 Å². The number of fused-ring (bicyclic) bond motifs is 3. The van der Waals surface area contributed by atoms with Crippen molar-refractivity contribution in [3.05, 3.63) is 30.3 Å². The van der Waals surface area contributed by atoms with Gasteiger partial charge in [-0.1, -0.05) is 0 Å². The number of aromatic nitrogens is 3. The number of carbonyl (C=O) groups excluding carboxylic acids is 1. The molecule has 0 radical (unpaired) electrons. The van der Waals surface area contributed by atoms with Crippen LogP contribution in [0.4, 0.5) is 10.2 Å². The van der Waals surface area contributed by atoms with Crippen molar-refractivity contribution >= 4 is 43.7 Å². The SMILES string of the molecule is CS(=O)(=O)NC(=O)C1CN(c2ncnc3[nH]c4cc(F)ccc4c23)CCO1. The molecule has 0 aliphatic carbocycles. The minimum atomic E-state index is -3.68. The van der Waals surface area contributed by atoms with E-state index in [2.05, 4.69) is 15.0 Å². The first-order valence-electron chi connectivity index (χ1n) is 8.12. The number of halogens is 1. The quantitative estimate of drug-likeness (QED) is 0.667. The van der Waals surface area contributed by atoms with E-state index in [4.69, 9.17) is 4.74 Å². The largest absolute Gasteiger partial charge is 0.365 e. The number of rotatable bonds is 3. The van der Waals surface area contributed by atoms with Gasteiger partial charge in [-0.15, -0.1) is 0 Å². The minimum absolute atomic E-state index is 0.126. The van der Waals surface area contributed by atoms with Gasteiger partial charge in [-0.05, 0) is 18.2 Å². The Balaban J connectivity index is 1.71. The number of H-pyrrole nitrogens is 1. The summed E-state index contributed by atoms with van der Waals surface area (Å²) < 4.78 is 43.5. The highest BCUT2D eigenvalue weighted by Crippen LogP contribution is 2.32. The van der Waals surface area contributed by atoms with Gasteiger partial charge in [0.1, 0.15) is 23.6 Å². The maximum absolute atomic E-state index is 13.5. The lowest BCUT2D eigenvalue weighted by Gasteiger charge is -2.33. The van der Waals surface area contributed by atoms with Crippen molar-refractivity contribution < 1.29 is 22.3 Å². The number of nitrogens with one attached hydrogen (secondary N) is 2. The summed E-state index contributed by atoms with van der Waals surface area (Å²) in [7, 11) is -3.68. The van der Waals surface area contributed by atoms with Crippen LogP contribution in [0.2, 0.25) is 0 Å². The molecule has 11 heteroatoms. The van der Waals surface area contributed by atoms with Gasteiger partial charge in [0, 0.05) is 11.9 Å². The molecule has 0 bridgehead atoms. The lowest BCUT2D eigenvalue weighted by atomic mass is 10.1. The summed E-state index contributed by atoms with van der Waals surface area (Å²) in [6.45, 7) is 0.814. The molecule has 0 spiro atoms. The van der Waals surface area contributed by atoms with E-state index in [1.165, 1.54) is 18.5 Å². The third-order valence-electron chi connectivity index (χ3n) is 4.28. The highest BCUT2D eigenvalue weighted by atomic mass is 32.2. The first-order chi connectivity index (χ1) is 12.8. The van der Waals surface area contributed by atoms with E-state index < -0.39 is 22.0 Å². The predicted octanol–water partition coefficient (Wildman–Crippen LogP) is 0.531. The van der Waals surface area contributed by atoms with Crippen molar-refractivity contribution in [2.24, 2.45) is 0 Å². The summed E-state index contributed by atoms with van der Waals surface area (Å²) in [5.41, 5.74) is 1.13. The topological polar surface area (TPSA) is 117 Å². The van der Waals surface area contributed by atoms with E-state index in [0.717, 1.165) is 11.6 Å². The van der Waals surface area contributed by atoms with Crippen LogP contribution in [0.25, 0.3) is 21.9 Å². The molecule has 3 heterocycles. The summed E-state index contributed by atoms with van der Waals surface area (Å²) >= 11 is 0. The Labute approximate surface area is 153 Å². The summed E-state index contributed by atoms with van der Waals surface area (Å²) in [4.78, 5) is 25.6. The second kappa shape index (κ2) is 6.43. The van der Waals surface area contributed by atoms with Crippen LogP contribution in [0.1, 0.15) is 0 Å². The van der Waals surface area contributed by atoms with Gasteiger partial charge in [0.05, 0.1) is 30.3 Å². The van der Waals surface area contributed by atoms with E-state index in [-0.39, 0.29) is 19.0 Å². The number of anilines is 1. The van der Waals surface area contributed by atoms with Crippen LogP contribution in [0.5, 0.6) is 0 Å². The molecule has 1 fully saturated rings. The number of amides is 1. The molecule has 9 nitrogen and oxygen atoms in total. The molecule has 1 aliphatic rings. The van der Waals surface area contributed by atoms with Gasteiger partial charge < -0.3 is 14.6 Å². The fourth-order valence-corrected chi connectivity index (χ4v) is 3.67. The molecule has 1 aromatic carbocycles. The molecule has 3 aromatic rings. The highest BCUT2D eigenvalue weighted by molar-refractivity contribution is 7.89. The highest BCUT2D eigenvalue weighted by Gasteiger charge is 2.30. The standard InChI is InChI=1S/C16H16FN5O4S/c1-27(24,25)21-16(23)12-7-22(4-5-26-12)15-13-10-3-2-9(17)6-11(10)20-14(13)18-8-19-15/h2-3,6,8,12H,4-5,7H2,1H3,(H,21,23)(H,18,19,20). The Morgan fingerprint density at radius 3 is 3.00 bits per heavy atom.